The lowest BCUT2D eigenvalue weighted by molar-refractivity contribution is 0.0191. The van der Waals surface area contributed by atoms with Crippen molar-refractivity contribution in [1.29, 1.82) is 0 Å². The summed E-state index contributed by atoms with van der Waals surface area (Å²) in [4.78, 5) is 35.6. The second-order valence-electron chi connectivity index (χ2n) is 8.22. The van der Waals surface area contributed by atoms with Gasteiger partial charge in [0.25, 0.3) is 0 Å². The Kier molecular flexibility index (Phi) is 6.64. The highest BCUT2D eigenvalue weighted by molar-refractivity contribution is 5.96. The van der Waals surface area contributed by atoms with E-state index in [1.54, 1.807) is 25.4 Å². The fourth-order valence-electron chi connectivity index (χ4n) is 4.19. The van der Waals surface area contributed by atoms with Gasteiger partial charge in [0.2, 0.25) is 5.95 Å². The fourth-order valence-corrected chi connectivity index (χ4v) is 4.19. The van der Waals surface area contributed by atoms with Crippen LogP contribution < -0.4 is 5.32 Å². The molecule has 1 aromatic carbocycles. The normalized spacial score (nSPS) is 15.1. The first-order valence-electron chi connectivity index (χ1n) is 11.7. The average Bonchev–Trinajstić information content (AvgIpc) is 3.31. The van der Waals surface area contributed by atoms with Crippen molar-refractivity contribution < 1.29 is 14.3 Å². The predicted octanol–water partition coefficient (Wildman–Crippen LogP) is 4.04. The quantitative estimate of drug-likeness (QED) is 0.431. The highest BCUT2D eigenvalue weighted by Crippen LogP contribution is 2.32. The number of imidazole rings is 1. The predicted molar refractivity (Wildman–Crippen MR) is 132 cm³/mol. The van der Waals surface area contributed by atoms with E-state index in [9.17, 15) is 4.79 Å². The highest BCUT2D eigenvalue weighted by atomic mass is 16.5. The molecule has 0 saturated carbocycles. The molecular formula is C25H27N7O3. The van der Waals surface area contributed by atoms with Gasteiger partial charge in [0.05, 0.1) is 31.0 Å². The van der Waals surface area contributed by atoms with Crippen molar-refractivity contribution in [3.05, 3.63) is 54.6 Å². The molecule has 0 aliphatic carbocycles. The van der Waals surface area contributed by atoms with Crippen molar-refractivity contribution in [2.24, 2.45) is 0 Å². The Morgan fingerprint density at radius 2 is 1.97 bits per heavy atom. The molecule has 1 amide bonds. The molecule has 0 spiro atoms. The van der Waals surface area contributed by atoms with Crippen molar-refractivity contribution in [2.45, 2.75) is 19.9 Å². The van der Waals surface area contributed by atoms with E-state index in [1.165, 1.54) is 0 Å². The second-order valence-corrected chi connectivity index (χ2v) is 8.22. The highest BCUT2D eigenvalue weighted by Gasteiger charge is 2.20. The second kappa shape index (κ2) is 10.2. The molecule has 10 heteroatoms. The number of nitrogens with one attached hydrogen (secondary N) is 2. The van der Waals surface area contributed by atoms with E-state index < -0.39 is 6.09 Å². The lowest BCUT2D eigenvalue weighted by atomic mass is 10.0. The number of morpholine rings is 1. The van der Waals surface area contributed by atoms with Crippen LogP contribution in [0.4, 0.5) is 10.7 Å². The first-order valence-corrected chi connectivity index (χ1v) is 11.7. The number of hydrogen-bond acceptors (Lipinski definition) is 8. The number of carbonyl (C=O) groups is 1. The van der Waals surface area contributed by atoms with Gasteiger partial charge in [-0.15, -0.1) is 0 Å². The summed E-state index contributed by atoms with van der Waals surface area (Å²) in [6.45, 7) is 7.51. The monoisotopic (exact) mass is 473 g/mol. The summed E-state index contributed by atoms with van der Waals surface area (Å²) in [5, 5.41) is 2.63. The number of fused-ring (bicyclic) bond motifs is 1. The van der Waals surface area contributed by atoms with Gasteiger partial charge in [-0.25, -0.2) is 19.7 Å². The average molecular weight is 474 g/mol. The van der Waals surface area contributed by atoms with Crippen LogP contribution in [0.5, 0.6) is 0 Å². The molecule has 180 valence electrons. The Labute approximate surface area is 202 Å². The number of aromatic nitrogens is 5. The molecule has 4 aromatic rings. The van der Waals surface area contributed by atoms with E-state index in [4.69, 9.17) is 14.5 Å². The van der Waals surface area contributed by atoms with Crippen LogP contribution in [-0.2, 0) is 9.47 Å². The topological polar surface area (TPSA) is 118 Å². The Balaban J connectivity index is 1.50. The summed E-state index contributed by atoms with van der Waals surface area (Å²) >= 11 is 0. The Morgan fingerprint density at radius 3 is 2.69 bits per heavy atom. The number of ether oxygens (including phenoxy) is 2. The maximum absolute atomic E-state index is 11.9. The molecule has 0 bridgehead atoms. The summed E-state index contributed by atoms with van der Waals surface area (Å²) in [5.74, 6) is 0.833. The number of H-pyrrole nitrogens is 1. The smallest absolute Gasteiger partial charge is 0.413 e. The van der Waals surface area contributed by atoms with Gasteiger partial charge in [-0.1, -0.05) is 6.07 Å². The standard InChI is InChI=1S/C25H27N7O3/c1-3-35-25(33)31-24-29-21-14-18(13-19(22(21)30-24)23-26-7-4-8-27-23)17-5-6-20(28-15-17)16(2)32-9-11-34-12-10-32/h4-8,13-16H,3,9-12H2,1-2H3,(H2,29,30,31,33). The first-order chi connectivity index (χ1) is 17.1. The number of pyridine rings is 1. The molecule has 1 fully saturated rings. The Bertz CT molecular complexity index is 1300. The van der Waals surface area contributed by atoms with Gasteiger partial charge in [0.15, 0.2) is 5.82 Å². The van der Waals surface area contributed by atoms with Crippen molar-refractivity contribution in [2.75, 3.05) is 38.2 Å². The summed E-state index contributed by atoms with van der Waals surface area (Å²) < 4.78 is 10.4. The number of hydrogen-bond donors (Lipinski definition) is 2. The van der Waals surface area contributed by atoms with E-state index >= 15 is 0 Å². The van der Waals surface area contributed by atoms with Crippen LogP contribution in [0.25, 0.3) is 33.5 Å². The molecule has 1 aliphatic rings. The fraction of sp³-hybridized carbons (Fsp3) is 0.320. The van der Waals surface area contributed by atoms with Gasteiger partial charge in [0, 0.05) is 48.8 Å². The van der Waals surface area contributed by atoms with Crippen molar-refractivity contribution in [3.63, 3.8) is 0 Å². The number of aromatic amines is 1. The maximum Gasteiger partial charge on any atom is 0.413 e. The molecule has 10 nitrogen and oxygen atoms in total. The molecular weight excluding hydrogens is 446 g/mol. The van der Waals surface area contributed by atoms with Crippen LogP contribution in [0.3, 0.4) is 0 Å². The van der Waals surface area contributed by atoms with Crippen LogP contribution in [0.1, 0.15) is 25.6 Å². The molecule has 2 N–H and O–H groups in total. The minimum absolute atomic E-state index is 0.216. The number of anilines is 1. The lowest BCUT2D eigenvalue weighted by Gasteiger charge is -2.31. The molecule has 1 unspecified atom stereocenters. The van der Waals surface area contributed by atoms with Crippen molar-refractivity contribution >= 4 is 23.1 Å². The van der Waals surface area contributed by atoms with Gasteiger partial charge >= 0.3 is 6.09 Å². The molecule has 1 atom stereocenters. The third-order valence-electron chi connectivity index (χ3n) is 6.03. The molecule has 5 rings (SSSR count). The van der Waals surface area contributed by atoms with Crippen LogP contribution in [0, 0.1) is 0 Å². The van der Waals surface area contributed by atoms with E-state index in [0.29, 0.717) is 17.3 Å². The van der Waals surface area contributed by atoms with Crippen molar-refractivity contribution in [1.82, 2.24) is 29.8 Å². The van der Waals surface area contributed by atoms with Gasteiger partial charge in [-0.05, 0) is 43.7 Å². The van der Waals surface area contributed by atoms with Crippen molar-refractivity contribution in [3.8, 4) is 22.5 Å². The third-order valence-corrected chi connectivity index (χ3v) is 6.03. The summed E-state index contributed by atoms with van der Waals surface area (Å²) in [6, 6.07) is 10.1. The molecule has 1 saturated heterocycles. The number of nitrogens with zero attached hydrogens (tertiary/aromatic N) is 5. The zero-order valence-corrected chi connectivity index (χ0v) is 19.7. The van der Waals surface area contributed by atoms with Crippen LogP contribution in [-0.4, -0.2) is 68.8 Å². The van der Waals surface area contributed by atoms with E-state index in [1.807, 2.05) is 18.3 Å². The molecule has 0 radical (unpaired) electrons. The minimum Gasteiger partial charge on any atom is -0.450 e. The number of amides is 1. The number of rotatable bonds is 6. The maximum atomic E-state index is 11.9. The zero-order chi connectivity index (χ0) is 24.2. The Hall–Kier alpha value is -3.89. The summed E-state index contributed by atoms with van der Waals surface area (Å²) in [6.07, 6.45) is 4.69. The van der Waals surface area contributed by atoms with E-state index in [-0.39, 0.29) is 12.6 Å². The molecule has 35 heavy (non-hydrogen) atoms. The van der Waals surface area contributed by atoms with Crippen LogP contribution in [0.2, 0.25) is 0 Å². The van der Waals surface area contributed by atoms with Gasteiger partial charge in [-0.3, -0.25) is 15.2 Å². The SMILES string of the molecule is CCOC(=O)Nc1nc2c(-c3ncccn3)cc(-c3ccc(C(C)N4CCOCC4)nc3)cc2[nH]1. The van der Waals surface area contributed by atoms with E-state index in [2.05, 4.69) is 49.2 Å². The molecule has 1 aliphatic heterocycles. The van der Waals surface area contributed by atoms with E-state index in [0.717, 1.165) is 54.2 Å². The van der Waals surface area contributed by atoms with Gasteiger partial charge in [-0.2, -0.15) is 0 Å². The lowest BCUT2D eigenvalue weighted by Crippen LogP contribution is -2.38. The molecule has 4 heterocycles. The summed E-state index contributed by atoms with van der Waals surface area (Å²) in [7, 11) is 0. The van der Waals surface area contributed by atoms with Gasteiger partial charge in [0.1, 0.15) is 5.52 Å². The molecule has 3 aromatic heterocycles. The minimum atomic E-state index is -0.571. The summed E-state index contributed by atoms with van der Waals surface area (Å²) in [5.41, 5.74) is 5.04. The number of benzene rings is 1. The number of carbonyl (C=O) groups excluding carboxylic acids is 1. The zero-order valence-electron chi connectivity index (χ0n) is 19.7. The Morgan fingerprint density at radius 1 is 1.17 bits per heavy atom. The largest absolute Gasteiger partial charge is 0.450 e. The third kappa shape index (κ3) is 4.98. The van der Waals surface area contributed by atoms with Gasteiger partial charge < -0.3 is 14.5 Å². The first kappa shape index (κ1) is 22.9. The van der Waals surface area contributed by atoms with Crippen LogP contribution in [0.15, 0.2) is 48.9 Å². The van der Waals surface area contributed by atoms with Crippen LogP contribution >= 0.6 is 0 Å².